The van der Waals surface area contributed by atoms with Crippen LogP contribution in [0.25, 0.3) is 0 Å². The number of benzene rings is 1. The normalized spacial score (nSPS) is 10.1. The van der Waals surface area contributed by atoms with Gasteiger partial charge in [-0.15, -0.1) is 0 Å². The Labute approximate surface area is 138 Å². The van der Waals surface area contributed by atoms with Crippen LogP contribution in [0.4, 0.5) is 11.5 Å². The summed E-state index contributed by atoms with van der Waals surface area (Å²) in [6.07, 6.45) is 2.94. The lowest BCUT2D eigenvalue weighted by molar-refractivity contribution is 0.102. The minimum absolute atomic E-state index is 0.218. The molecule has 0 unspecified atom stereocenters. The van der Waals surface area contributed by atoms with Crippen molar-refractivity contribution >= 4 is 49.3 Å². The molecule has 21 heavy (non-hydrogen) atoms. The van der Waals surface area contributed by atoms with E-state index in [0.717, 1.165) is 8.95 Å². The van der Waals surface area contributed by atoms with Crippen molar-refractivity contribution in [1.29, 1.82) is 0 Å². The first-order valence-electron chi connectivity index (χ1n) is 5.89. The number of aromatic nitrogens is 2. The fraction of sp³-hybridized carbons (Fsp3) is 0.154. The Balaban J connectivity index is 2.26. The van der Waals surface area contributed by atoms with Crippen molar-refractivity contribution in [2.75, 3.05) is 24.8 Å². The minimum Gasteiger partial charge on any atom is -0.495 e. The molecule has 1 aromatic carbocycles. The van der Waals surface area contributed by atoms with Gasteiger partial charge in [0.2, 0.25) is 0 Å². The van der Waals surface area contributed by atoms with Crippen LogP contribution in [0.2, 0.25) is 0 Å². The Kier molecular flexibility index (Phi) is 5.13. The smallest absolute Gasteiger partial charge is 0.275 e. The highest BCUT2D eigenvalue weighted by Gasteiger charge is 2.13. The third-order valence-corrected chi connectivity index (χ3v) is 3.89. The molecule has 0 spiro atoms. The topological polar surface area (TPSA) is 76.1 Å². The summed E-state index contributed by atoms with van der Waals surface area (Å²) < 4.78 is 6.71. The van der Waals surface area contributed by atoms with Crippen LogP contribution in [0.3, 0.4) is 0 Å². The molecule has 0 aliphatic carbocycles. The standard InChI is InChI=1S/C13H12Br2N4O2/c1-16-12-6-17-5-10(18-12)13(20)19-9-4-11(21-2)8(15)3-7(9)14/h3-6H,1-2H3,(H,16,18)(H,19,20). The summed E-state index contributed by atoms with van der Waals surface area (Å²) in [6.45, 7) is 0. The number of ether oxygens (including phenoxy) is 1. The quantitative estimate of drug-likeness (QED) is 0.801. The van der Waals surface area contributed by atoms with E-state index in [4.69, 9.17) is 4.74 Å². The SMILES string of the molecule is CNc1cncc(C(=O)Nc2cc(OC)c(Br)cc2Br)n1. The second-order valence-electron chi connectivity index (χ2n) is 3.96. The molecule has 6 nitrogen and oxygen atoms in total. The zero-order valence-electron chi connectivity index (χ0n) is 11.3. The van der Waals surface area contributed by atoms with Crippen LogP contribution in [0.15, 0.2) is 33.5 Å². The van der Waals surface area contributed by atoms with E-state index in [-0.39, 0.29) is 11.6 Å². The van der Waals surface area contributed by atoms with Gasteiger partial charge in [0.25, 0.3) is 5.91 Å². The van der Waals surface area contributed by atoms with Gasteiger partial charge in [-0.05, 0) is 37.9 Å². The second-order valence-corrected chi connectivity index (χ2v) is 5.67. The zero-order chi connectivity index (χ0) is 15.4. The first kappa shape index (κ1) is 15.7. The predicted octanol–water partition coefficient (Wildman–Crippen LogP) is 3.30. The highest BCUT2D eigenvalue weighted by molar-refractivity contribution is 9.11. The van der Waals surface area contributed by atoms with Gasteiger partial charge in [0, 0.05) is 17.6 Å². The van der Waals surface area contributed by atoms with Crippen LogP contribution in [0.1, 0.15) is 10.5 Å². The molecule has 2 aromatic rings. The summed E-state index contributed by atoms with van der Waals surface area (Å²) >= 11 is 6.76. The lowest BCUT2D eigenvalue weighted by Crippen LogP contribution is -2.15. The van der Waals surface area contributed by atoms with Gasteiger partial charge in [-0.3, -0.25) is 9.78 Å². The number of amides is 1. The number of methoxy groups -OCH3 is 1. The average molecular weight is 416 g/mol. The number of rotatable bonds is 4. The first-order valence-corrected chi connectivity index (χ1v) is 7.48. The highest BCUT2D eigenvalue weighted by atomic mass is 79.9. The number of hydrogen-bond donors (Lipinski definition) is 2. The van der Waals surface area contributed by atoms with Crippen molar-refractivity contribution < 1.29 is 9.53 Å². The maximum absolute atomic E-state index is 12.2. The molecule has 2 N–H and O–H groups in total. The summed E-state index contributed by atoms with van der Waals surface area (Å²) in [5.41, 5.74) is 0.798. The second kappa shape index (κ2) is 6.86. The summed E-state index contributed by atoms with van der Waals surface area (Å²) in [4.78, 5) is 20.3. The van der Waals surface area contributed by atoms with Crippen LogP contribution in [-0.4, -0.2) is 30.0 Å². The van der Waals surface area contributed by atoms with Crippen LogP contribution in [0, 0.1) is 0 Å². The monoisotopic (exact) mass is 414 g/mol. The molecule has 1 heterocycles. The maximum Gasteiger partial charge on any atom is 0.275 e. The van der Waals surface area contributed by atoms with Gasteiger partial charge in [0.15, 0.2) is 0 Å². The summed E-state index contributed by atoms with van der Waals surface area (Å²) in [6, 6.07) is 3.51. The van der Waals surface area contributed by atoms with Crippen molar-refractivity contribution in [2.45, 2.75) is 0 Å². The Hall–Kier alpha value is -1.67. The van der Waals surface area contributed by atoms with E-state index in [1.165, 1.54) is 12.4 Å². The molecule has 1 amide bonds. The van der Waals surface area contributed by atoms with E-state index < -0.39 is 0 Å². The van der Waals surface area contributed by atoms with Crippen molar-refractivity contribution in [3.05, 3.63) is 39.2 Å². The van der Waals surface area contributed by atoms with Gasteiger partial charge in [0.05, 0.1) is 29.7 Å². The van der Waals surface area contributed by atoms with Crippen molar-refractivity contribution in [3.8, 4) is 5.75 Å². The molecular weight excluding hydrogens is 404 g/mol. The van der Waals surface area contributed by atoms with E-state index in [2.05, 4.69) is 52.5 Å². The van der Waals surface area contributed by atoms with Gasteiger partial charge in [-0.25, -0.2) is 4.98 Å². The molecule has 8 heteroatoms. The van der Waals surface area contributed by atoms with E-state index in [1.54, 1.807) is 26.3 Å². The third kappa shape index (κ3) is 3.70. The van der Waals surface area contributed by atoms with Gasteiger partial charge >= 0.3 is 0 Å². The lowest BCUT2D eigenvalue weighted by atomic mass is 10.3. The fourth-order valence-corrected chi connectivity index (χ4v) is 2.82. The molecule has 2 rings (SSSR count). The van der Waals surface area contributed by atoms with Crippen molar-refractivity contribution in [3.63, 3.8) is 0 Å². The summed E-state index contributed by atoms with van der Waals surface area (Å²) in [5.74, 6) is 0.781. The third-order valence-electron chi connectivity index (χ3n) is 2.61. The van der Waals surface area contributed by atoms with E-state index in [9.17, 15) is 4.79 Å². The Bertz CT molecular complexity index is 679. The minimum atomic E-state index is -0.357. The molecule has 0 fully saturated rings. The molecule has 0 saturated heterocycles. The zero-order valence-corrected chi connectivity index (χ0v) is 14.4. The number of nitrogens with one attached hydrogen (secondary N) is 2. The lowest BCUT2D eigenvalue weighted by Gasteiger charge is -2.11. The number of nitrogens with zero attached hydrogens (tertiary/aromatic N) is 2. The Morgan fingerprint density at radius 3 is 2.67 bits per heavy atom. The maximum atomic E-state index is 12.2. The number of carbonyl (C=O) groups is 1. The Morgan fingerprint density at radius 2 is 2.00 bits per heavy atom. The van der Waals surface area contributed by atoms with Gasteiger partial charge in [-0.1, -0.05) is 0 Å². The Morgan fingerprint density at radius 1 is 1.24 bits per heavy atom. The average Bonchev–Trinajstić information content (AvgIpc) is 2.50. The van der Waals surface area contributed by atoms with Crippen LogP contribution in [-0.2, 0) is 0 Å². The molecule has 0 radical (unpaired) electrons. The van der Waals surface area contributed by atoms with E-state index in [1.807, 2.05) is 0 Å². The van der Waals surface area contributed by atoms with Gasteiger partial charge in [0.1, 0.15) is 17.3 Å². The van der Waals surface area contributed by atoms with E-state index >= 15 is 0 Å². The number of anilines is 2. The van der Waals surface area contributed by atoms with Crippen LogP contribution >= 0.6 is 31.9 Å². The van der Waals surface area contributed by atoms with Crippen molar-refractivity contribution in [1.82, 2.24) is 9.97 Å². The molecule has 0 aliphatic heterocycles. The highest BCUT2D eigenvalue weighted by Crippen LogP contribution is 2.34. The largest absolute Gasteiger partial charge is 0.495 e. The predicted molar refractivity (Wildman–Crippen MR) is 87.9 cm³/mol. The first-order chi connectivity index (χ1) is 10.0. The summed E-state index contributed by atoms with van der Waals surface area (Å²) in [5, 5.41) is 5.60. The van der Waals surface area contributed by atoms with Crippen LogP contribution in [0.5, 0.6) is 5.75 Å². The summed E-state index contributed by atoms with van der Waals surface area (Å²) in [7, 11) is 3.27. The number of carbonyl (C=O) groups excluding carboxylic acids is 1. The molecule has 0 bridgehead atoms. The molecule has 1 aromatic heterocycles. The number of hydrogen-bond acceptors (Lipinski definition) is 5. The van der Waals surface area contributed by atoms with Crippen LogP contribution < -0.4 is 15.4 Å². The van der Waals surface area contributed by atoms with Gasteiger partial charge in [-0.2, -0.15) is 0 Å². The molecule has 0 aliphatic rings. The molecule has 0 saturated carbocycles. The molecule has 110 valence electrons. The van der Waals surface area contributed by atoms with Crippen molar-refractivity contribution in [2.24, 2.45) is 0 Å². The fourth-order valence-electron chi connectivity index (χ4n) is 1.56. The molecule has 0 atom stereocenters. The molecular formula is C13H12Br2N4O2. The van der Waals surface area contributed by atoms with E-state index in [0.29, 0.717) is 17.3 Å². The number of halogens is 2. The van der Waals surface area contributed by atoms with Gasteiger partial charge < -0.3 is 15.4 Å².